The van der Waals surface area contributed by atoms with Crippen molar-refractivity contribution in [3.63, 3.8) is 0 Å². The number of benzene rings is 1. The van der Waals surface area contributed by atoms with Gasteiger partial charge in [0.15, 0.2) is 11.5 Å². The molecule has 0 atom stereocenters. The molecule has 1 aromatic heterocycles. The van der Waals surface area contributed by atoms with Gasteiger partial charge in [0.05, 0.1) is 31.7 Å². The number of fused-ring (bicyclic) bond motifs is 1. The van der Waals surface area contributed by atoms with Gasteiger partial charge in [0, 0.05) is 18.7 Å². The number of ether oxygens (including phenoxy) is 2. The highest BCUT2D eigenvalue weighted by molar-refractivity contribution is 5.88. The molecule has 0 bridgehead atoms. The third-order valence-corrected chi connectivity index (χ3v) is 3.71. The van der Waals surface area contributed by atoms with Crippen molar-refractivity contribution in [3.8, 4) is 11.5 Å². The van der Waals surface area contributed by atoms with E-state index in [1.807, 2.05) is 20.8 Å². The van der Waals surface area contributed by atoms with Crippen LogP contribution >= 0.6 is 0 Å². The first kappa shape index (κ1) is 18.5. The lowest BCUT2D eigenvalue weighted by molar-refractivity contribution is -0.126. The molecule has 134 valence electrons. The topological polar surface area (TPSA) is 84.5 Å². The van der Waals surface area contributed by atoms with Gasteiger partial charge < -0.3 is 19.4 Å². The van der Waals surface area contributed by atoms with Crippen LogP contribution in [0.25, 0.3) is 10.9 Å². The molecular formula is C18H23N3O4. The highest BCUT2D eigenvalue weighted by Crippen LogP contribution is 2.29. The monoisotopic (exact) mass is 345 g/mol. The molecule has 7 nitrogen and oxygen atoms in total. The van der Waals surface area contributed by atoms with Crippen molar-refractivity contribution < 1.29 is 14.3 Å². The number of H-pyrrole nitrogens is 1. The predicted octanol–water partition coefficient (Wildman–Crippen LogP) is 2.25. The van der Waals surface area contributed by atoms with Gasteiger partial charge in [-0.05, 0) is 26.8 Å². The van der Waals surface area contributed by atoms with E-state index in [4.69, 9.17) is 9.47 Å². The van der Waals surface area contributed by atoms with E-state index < -0.39 is 0 Å². The fourth-order valence-corrected chi connectivity index (χ4v) is 2.45. The van der Waals surface area contributed by atoms with E-state index in [0.717, 1.165) is 5.57 Å². The summed E-state index contributed by atoms with van der Waals surface area (Å²) < 4.78 is 10.5. The quantitative estimate of drug-likeness (QED) is 0.812. The van der Waals surface area contributed by atoms with E-state index in [-0.39, 0.29) is 18.0 Å². The molecule has 0 spiro atoms. The molecule has 0 fully saturated rings. The van der Waals surface area contributed by atoms with Gasteiger partial charge in [-0.3, -0.25) is 9.59 Å². The van der Waals surface area contributed by atoms with E-state index in [1.165, 1.54) is 14.2 Å². The SMILES string of the molecule is CCN(Cc1nc2cc(OC)c(OC)cc2c(=O)[nH]1)C(=O)C=C(C)C. The van der Waals surface area contributed by atoms with E-state index in [0.29, 0.717) is 34.8 Å². The van der Waals surface area contributed by atoms with Crippen molar-refractivity contribution in [3.05, 3.63) is 40.0 Å². The second-order valence-corrected chi connectivity index (χ2v) is 5.81. The molecule has 1 amide bonds. The average molecular weight is 345 g/mol. The zero-order chi connectivity index (χ0) is 18.6. The smallest absolute Gasteiger partial charge is 0.258 e. The summed E-state index contributed by atoms with van der Waals surface area (Å²) >= 11 is 0. The largest absolute Gasteiger partial charge is 0.493 e. The summed E-state index contributed by atoms with van der Waals surface area (Å²) in [6.07, 6.45) is 1.57. The van der Waals surface area contributed by atoms with Gasteiger partial charge in [-0.1, -0.05) is 5.57 Å². The number of carbonyl (C=O) groups is 1. The van der Waals surface area contributed by atoms with Crippen LogP contribution in [0, 0.1) is 0 Å². The summed E-state index contributed by atoms with van der Waals surface area (Å²) in [6.45, 7) is 6.34. The first-order valence-corrected chi connectivity index (χ1v) is 7.98. The molecule has 2 aromatic rings. The lowest BCUT2D eigenvalue weighted by atomic mass is 10.2. The standard InChI is InChI=1S/C18H23N3O4/c1-6-21(17(22)7-11(2)3)10-16-19-13-9-15(25-5)14(24-4)8-12(13)18(23)20-16/h7-9H,6,10H2,1-5H3,(H,19,20,23). The summed E-state index contributed by atoms with van der Waals surface area (Å²) in [4.78, 5) is 33.4. The van der Waals surface area contributed by atoms with Crippen LogP contribution < -0.4 is 15.0 Å². The Kier molecular flexibility index (Phi) is 5.80. The van der Waals surface area contributed by atoms with Crippen LogP contribution in [0.3, 0.4) is 0 Å². The Morgan fingerprint density at radius 1 is 1.24 bits per heavy atom. The molecule has 0 aliphatic rings. The Bertz CT molecular complexity index is 866. The van der Waals surface area contributed by atoms with E-state index >= 15 is 0 Å². The number of nitrogens with one attached hydrogen (secondary N) is 1. The molecule has 25 heavy (non-hydrogen) atoms. The lowest BCUT2D eigenvalue weighted by Gasteiger charge is -2.19. The minimum atomic E-state index is -0.285. The van der Waals surface area contributed by atoms with Gasteiger partial charge in [-0.15, -0.1) is 0 Å². The summed E-state index contributed by atoms with van der Waals surface area (Å²) in [5.74, 6) is 1.26. The van der Waals surface area contributed by atoms with Crippen LogP contribution in [0.4, 0.5) is 0 Å². The van der Waals surface area contributed by atoms with Crippen LogP contribution in [0.2, 0.25) is 0 Å². The van der Waals surface area contributed by atoms with Crippen molar-refractivity contribution in [2.75, 3.05) is 20.8 Å². The Labute approximate surface area is 146 Å². The molecule has 2 rings (SSSR count). The molecule has 1 N–H and O–H groups in total. The summed E-state index contributed by atoms with van der Waals surface area (Å²) in [6, 6.07) is 3.25. The number of rotatable bonds is 6. The van der Waals surface area contributed by atoms with Gasteiger partial charge in [-0.2, -0.15) is 0 Å². The number of allylic oxidation sites excluding steroid dienone is 1. The Balaban J connectivity index is 2.44. The molecule has 0 radical (unpaired) electrons. The lowest BCUT2D eigenvalue weighted by Crippen LogP contribution is -2.30. The highest BCUT2D eigenvalue weighted by atomic mass is 16.5. The fraction of sp³-hybridized carbons (Fsp3) is 0.389. The third-order valence-electron chi connectivity index (χ3n) is 3.71. The van der Waals surface area contributed by atoms with Gasteiger partial charge in [0.2, 0.25) is 5.91 Å². The minimum Gasteiger partial charge on any atom is -0.493 e. The molecule has 0 aliphatic carbocycles. The van der Waals surface area contributed by atoms with Crippen LogP contribution in [-0.2, 0) is 11.3 Å². The maximum atomic E-state index is 12.4. The second kappa shape index (κ2) is 7.83. The summed E-state index contributed by atoms with van der Waals surface area (Å²) in [7, 11) is 3.03. The first-order chi connectivity index (χ1) is 11.9. The zero-order valence-electron chi connectivity index (χ0n) is 15.2. The number of amides is 1. The number of aromatic nitrogens is 2. The van der Waals surface area contributed by atoms with Crippen molar-refractivity contribution in [2.45, 2.75) is 27.3 Å². The summed E-state index contributed by atoms with van der Waals surface area (Å²) in [5, 5.41) is 0.403. The van der Waals surface area contributed by atoms with E-state index in [1.54, 1.807) is 23.1 Å². The number of hydrogen-bond donors (Lipinski definition) is 1. The van der Waals surface area contributed by atoms with E-state index in [2.05, 4.69) is 9.97 Å². The number of nitrogens with zero attached hydrogens (tertiary/aromatic N) is 2. The van der Waals surface area contributed by atoms with Gasteiger partial charge >= 0.3 is 0 Å². The molecule has 0 aliphatic heterocycles. The van der Waals surface area contributed by atoms with Crippen molar-refractivity contribution in [1.82, 2.24) is 14.9 Å². The number of carbonyl (C=O) groups excluding carboxylic acids is 1. The number of hydrogen-bond acceptors (Lipinski definition) is 5. The second-order valence-electron chi connectivity index (χ2n) is 5.81. The van der Waals surface area contributed by atoms with Crippen molar-refractivity contribution >= 4 is 16.8 Å². The normalized spacial score (nSPS) is 10.4. The summed E-state index contributed by atoms with van der Waals surface area (Å²) in [5.41, 5.74) is 1.12. The van der Waals surface area contributed by atoms with E-state index in [9.17, 15) is 9.59 Å². The van der Waals surface area contributed by atoms with Gasteiger partial charge in [0.25, 0.3) is 5.56 Å². The van der Waals surface area contributed by atoms with Crippen molar-refractivity contribution in [2.24, 2.45) is 0 Å². The molecule has 0 saturated heterocycles. The first-order valence-electron chi connectivity index (χ1n) is 7.98. The number of methoxy groups -OCH3 is 2. The molecule has 0 unspecified atom stereocenters. The highest BCUT2D eigenvalue weighted by Gasteiger charge is 2.14. The Hall–Kier alpha value is -2.83. The van der Waals surface area contributed by atoms with Gasteiger partial charge in [0.1, 0.15) is 5.82 Å². The van der Waals surface area contributed by atoms with Crippen LogP contribution in [0.15, 0.2) is 28.6 Å². The molecule has 1 heterocycles. The van der Waals surface area contributed by atoms with Gasteiger partial charge in [-0.25, -0.2) is 4.98 Å². The average Bonchev–Trinajstić information content (AvgIpc) is 2.57. The maximum absolute atomic E-state index is 12.4. The van der Waals surface area contributed by atoms with Crippen molar-refractivity contribution in [1.29, 1.82) is 0 Å². The number of likely N-dealkylation sites (N-methyl/N-ethyl adjacent to an activating group) is 1. The molecule has 7 heteroatoms. The molecule has 0 saturated carbocycles. The Morgan fingerprint density at radius 3 is 2.44 bits per heavy atom. The fourth-order valence-electron chi connectivity index (χ4n) is 2.45. The van der Waals surface area contributed by atoms with Crippen LogP contribution in [0.5, 0.6) is 11.5 Å². The molecule has 1 aromatic carbocycles. The van der Waals surface area contributed by atoms with Crippen LogP contribution in [0.1, 0.15) is 26.6 Å². The maximum Gasteiger partial charge on any atom is 0.258 e. The Morgan fingerprint density at radius 2 is 1.88 bits per heavy atom. The molecular weight excluding hydrogens is 322 g/mol. The third kappa shape index (κ3) is 4.17. The zero-order valence-corrected chi connectivity index (χ0v) is 15.2. The number of aromatic amines is 1. The minimum absolute atomic E-state index is 0.113. The van der Waals surface area contributed by atoms with Crippen LogP contribution in [-0.4, -0.2) is 41.5 Å². The predicted molar refractivity (Wildman–Crippen MR) is 96.0 cm³/mol.